The molecule has 4 rings (SSSR count). The van der Waals surface area contributed by atoms with E-state index in [1.165, 1.54) is 48.1 Å². The van der Waals surface area contributed by atoms with Crippen LogP contribution in [0.15, 0.2) is 46.9 Å². The third-order valence-corrected chi connectivity index (χ3v) is 9.47. The summed E-state index contributed by atoms with van der Waals surface area (Å²) in [4.78, 5) is 0. The lowest BCUT2D eigenvalue weighted by Gasteiger charge is -2.44. The number of unbranched alkanes of at least 4 members (excludes halogenated alkanes) is 4. The molecule has 0 amide bonds. The van der Waals surface area contributed by atoms with Crippen LogP contribution in [-0.4, -0.2) is 35.9 Å². The molecule has 0 radical (unpaired) electrons. The summed E-state index contributed by atoms with van der Waals surface area (Å²) >= 11 is 2.00. The minimum Gasteiger partial charge on any atom is -0.497 e. The molecule has 0 spiro atoms. The number of thioether (sulfide) groups is 1. The molecule has 2 unspecified atom stereocenters. The minimum atomic E-state index is 0.0692. The fourth-order valence-electron chi connectivity index (χ4n) is 5.98. The number of nitrogens with zero attached hydrogens (tertiary/aromatic N) is 2. The number of rotatable bonds is 16. The first-order chi connectivity index (χ1) is 19.1. The van der Waals surface area contributed by atoms with E-state index in [-0.39, 0.29) is 5.41 Å². The van der Waals surface area contributed by atoms with E-state index in [2.05, 4.69) is 66.5 Å². The molecule has 5 nitrogen and oxygen atoms in total. The number of hydrogen-bond donors (Lipinski definition) is 0. The van der Waals surface area contributed by atoms with E-state index in [0.717, 1.165) is 74.0 Å². The number of benzene rings is 2. The molecule has 6 heteroatoms. The molecular weight excluding hydrogens is 504 g/mol. The molecule has 0 bridgehead atoms. The zero-order valence-electron chi connectivity index (χ0n) is 24.3. The number of methoxy groups -OCH3 is 2. The van der Waals surface area contributed by atoms with Crippen LogP contribution in [0.5, 0.6) is 11.5 Å². The van der Waals surface area contributed by atoms with Crippen LogP contribution in [0.3, 0.4) is 0 Å². The molecule has 3 aromatic rings. The SMILES string of the molecule is CCCCCCSCCc1nnc(CCCCC2c3ccc(OC)cc3CCC2(C)c2ccc(OC)cc2)o1. The van der Waals surface area contributed by atoms with Gasteiger partial charge in [-0.05, 0) is 90.1 Å². The number of hydrogen-bond acceptors (Lipinski definition) is 6. The van der Waals surface area contributed by atoms with Gasteiger partial charge in [-0.1, -0.05) is 57.7 Å². The highest BCUT2D eigenvalue weighted by Crippen LogP contribution is 2.50. The largest absolute Gasteiger partial charge is 0.497 e. The van der Waals surface area contributed by atoms with Gasteiger partial charge in [0.2, 0.25) is 11.8 Å². The van der Waals surface area contributed by atoms with Crippen LogP contribution in [0.1, 0.15) is 99.6 Å². The first kappa shape index (κ1) is 29.5. The molecule has 212 valence electrons. The van der Waals surface area contributed by atoms with E-state index >= 15 is 0 Å². The Kier molecular flexibility index (Phi) is 11.2. The molecule has 1 heterocycles. The van der Waals surface area contributed by atoms with Gasteiger partial charge in [0.1, 0.15) is 11.5 Å². The van der Waals surface area contributed by atoms with Gasteiger partial charge in [0.15, 0.2) is 0 Å². The molecule has 1 aliphatic rings. The van der Waals surface area contributed by atoms with Crippen molar-refractivity contribution in [2.24, 2.45) is 0 Å². The van der Waals surface area contributed by atoms with Crippen LogP contribution < -0.4 is 9.47 Å². The topological polar surface area (TPSA) is 57.4 Å². The fourth-order valence-corrected chi connectivity index (χ4v) is 6.91. The monoisotopic (exact) mass is 550 g/mol. The van der Waals surface area contributed by atoms with Crippen molar-refractivity contribution in [1.29, 1.82) is 0 Å². The van der Waals surface area contributed by atoms with Gasteiger partial charge in [0.05, 0.1) is 14.2 Å². The lowest BCUT2D eigenvalue weighted by Crippen LogP contribution is -2.35. The normalized spacial score (nSPS) is 18.6. The highest BCUT2D eigenvalue weighted by atomic mass is 32.2. The van der Waals surface area contributed by atoms with Gasteiger partial charge in [-0.25, -0.2) is 0 Å². The van der Waals surface area contributed by atoms with Crippen LogP contribution >= 0.6 is 11.8 Å². The highest BCUT2D eigenvalue weighted by molar-refractivity contribution is 7.99. The summed E-state index contributed by atoms with van der Waals surface area (Å²) < 4.78 is 16.9. The first-order valence-corrected chi connectivity index (χ1v) is 15.9. The van der Waals surface area contributed by atoms with Gasteiger partial charge in [-0.15, -0.1) is 10.2 Å². The first-order valence-electron chi connectivity index (χ1n) is 14.8. The molecule has 39 heavy (non-hydrogen) atoms. The maximum atomic E-state index is 5.97. The van der Waals surface area contributed by atoms with Gasteiger partial charge < -0.3 is 13.9 Å². The second-order valence-electron chi connectivity index (χ2n) is 11.0. The van der Waals surface area contributed by atoms with Crippen molar-refractivity contribution in [2.45, 2.75) is 95.8 Å². The summed E-state index contributed by atoms with van der Waals surface area (Å²) in [7, 11) is 3.48. The Morgan fingerprint density at radius 1 is 0.872 bits per heavy atom. The third-order valence-electron chi connectivity index (χ3n) is 8.40. The second kappa shape index (κ2) is 14.8. The molecule has 1 aromatic heterocycles. The second-order valence-corrected chi connectivity index (χ2v) is 12.2. The molecule has 2 aromatic carbocycles. The summed E-state index contributed by atoms with van der Waals surface area (Å²) in [5, 5.41) is 8.64. The van der Waals surface area contributed by atoms with Gasteiger partial charge >= 0.3 is 0 Å². The van der Waals surface area contributed by atoms with E-state index in [1.54, 1.807) is 14.2 Å². The Bertz CT molecular complexity index is 1150. The zero-order valence-corrected chi connectivity index (χ0v) is 25.2. The van der Waals surface area contributed by atoms with Gasteiger partial charge in [-0.2, -0.15) is 11.8 Å². The molecule has 0 fully saturated rings. The number of aryl methyl sites for hydroxylation is 3. The average Bonchev–Trinajstić information content (AvgIpc) is 3.43. The third kappa shape index (κ3) is 7.81. The van der Waals surface area contributed by atoms with Gasteiger partial charge in [0, 0.05) is 18.6 Å². The van der Waals surface area contributed by atoms with Crippen molar-refractivity contribution in [1.82, 2.24) is 10.2 Å². The Morgan fingerprint density at radius 2 is 1.62 bits per heavy atom. The van der Waals surface area contributed by atoms with Gasteiger partial charge in [-0.3, -0.25) is 0 Å². The van der Waals surface area contributed by atoms with Crippen molar-refractivity contribution in [2.75, 3.05) is 25.7 Å². The van der Waals surface area contributed by atoms with Crippen LogP contribution in [0.25, 0.3) is 0 Å². The smallest absolute Gasteiger partial charge is 0.217 e. The van der Waals surface area contributed by atoms with Crippen molar-refractivity contribution < 1.29 is 13.9 Å². The Hall–Kier alpha value is -2.47. The van der Waals surface area contributed by atoms with Crippen LogP contribution in [0.2, 0.25) is 0 Å². The lowest BCUT2D eigenvalue weighted by molar-refractivity contribution is 0.303. The van der Waals surface area contributed by atoms with Crippen molar-refractivity contribution >= 4 is 11.8 Å². The predicted octanol–water partition coefficient (Wildman–Crippen LogP) is 8.34. The quantitative estimate of drug-likeness (QED) is 0.167. The average molecular weight is 551 g/mol. The summed E-state index contributed by atoms with van der Waals surface area (Å²) in [6.07, 6.45) is 12.5. The maximum Gasteiger partial charge on any atom is 0.217 e. The van der Waals surface area contributed by atoms with Crippen LogP contribution in [0, 0.1) is 0 Å². The van der Waals surface area contributed by atoms with Gasteiger partial charge in [0.25, 0.3) is 0 Å². The molecule has 0 saturated heterocycles. The number of ether oxygens (including phenoxy) is 2. The van der Waals surface area contributed by atoms with E-state index in [9.17, 15) is 0 Å². The summed E-state index contributed by atoms with van der Waals surface area (Å²) in [6, 6.07) is 15.4. The number of aromatic nitrogens is 2. The highest BCUT2D eigenvalue weighted by Gasteiger charge is 2.40. The minimum absolute atomic E-state index is 0.0692. The molecule has 0 N–H and O–H groups in total. The fraction of sp³-hybridized carbons (Fsp3) is 0.576. The van der Waals surface area contributed by atoms with Crippen molar-refractivity contribution in [3.63, 3.8) is 0 Å². The Morgan fingerprint density at radius 3 is 2.36 bits per heavy atom. The molecular formula is C33H46N2O3S. The van der Waals surface area contributed by atoms with E-state index in [1.807, 2.05) is 11.8 Å². The van der Waals surface area contributed by atoms with Crippen molar-refractivity contribution in [3.8, 4) is 11.5 Å². The lowest BCUT2D eigenvalue weighted by atomic mass is 9.60. The molecule has 0 aliphatic heterocycles. The summed E-state index contributed by atoms with van der Waals surface area (Å²) in [6.45, 7) is 4.70. The van der Waals surface area contributed by atoms with Crippen LogP contribution in [-0.2, 0) is 24.7 Å². The zero-order chi connectivity index (χ0) is 27.5. The van der Waals surface area contributed by atoms with E-state index in [0.29, 0.717) is 5.92 Å². The molecule has 1 aliphatic carbocycles. The Balaban J connectivity index is 1.34. The van der Waals surface area contributed by atoms with E-state index in [4.69, 9.17) is 13.9 Å². The van der Waals surface area contributed by atoms with Crippen molar-refractivity contribution in [3.05, 3.63) is 70.9 Å². The number of fused-ring (bicyclic) bond motifs is 1. The summed E-state index contributed by atoms with van der Waals surface area (Å²) in [5.74, 6) is 6.15. The summed E-state index contributed by atoms with van der Waals surface area (Å²) in [5.41, 5.74) is 4.35. The Labute approximate surface area is 239 Å². The standard InChI is InChI=1S/C33H46N2O3S/c1-5-6-7-10-22-39-23-20-32-35-34-31(38-32)12-9-8-11-30-29-18-17-28(37-4)24-25(29)19-21-33(30,2)26-13-15-27(36-3)16-14-26/h13-18,24,30H,5-12,19-23H2,1-4H3. The molecule has 0 saturated carbocycles. The van der Waals surface area contributed by atoms with Crippen LogP contribution in [0.4, 0.5) is 0 Å². The molecule has 2 atom stereocenters. The maximum absolute atomic E-state index is 5.97. The predicted molar refractivity (Wildman–Crippen MR) is 161 cm³/mol. The van der Waals surface area contributed by atoms with E-state index < -0.39 is 0 Å².